The van der Waals surface area contributed by atoms with Gasteiger partial charge in [-0.3, -0.25) is 9.59 Å². The van der Waals surface area contributed by atoms with Crippen molar-refractivity contribution < 1.29 is 9.59 Å². The molecule has 19 heavy (non-hydrogen) atoms. The predicted molar refractivity (Wildman–Crippen MR) is 73.3 cm³/mol. The first-order valence-corrected chi connectivity index (χ1v) is 7.47. The molecule has 0 heterocycles. The Hall–Kier alpha value is -1.10. The number of rotatable bonds is 5. The average molecular weight is 267 g/mol. The summed E-state index contributed by atoms with van der Waals surface area (Å²) in [6, 6.07) is 0.741. The van der Waals surface area contributed by atoms with Crippen LogP contribution in [0.15, 0.2) is 0 Å². The second-order valence-corrected chi connectivity index (χ2v) is 5.88. The Bertz CT molecular complexity index is 319. The number of amides is 2. The maximum absolute atomic E-state index is 11.8. The molecule has 2 rings (SSSR count). The van der Waals surface area contributed by atoms with Crippen molar-refractivity contribution in [1.82, 2.24) is 10.6 Å². The van der Waals surface area contributed by atoms with Crippen LogP contribution in [-0.2, 0) is 9.59 Å². The molecule has 0 aromatic carbocycles. The van der Waals surface area contributed by atoms with Gasteiger partial charge in [-0.15, -0.1) is 0 Å². The first-order valence-electron chi connectivity index (χ1n) is 7.47. The van der Waals surface area contributed by atoms with Crippen molar-refractivity contribution in [2.24, 2.45) is 11.7 Å². The lowest BCUT2D eigenvalue weighted by atomic mass is 9.85. The molecule has 0 aromatic rings. The molecule has 0 unspecified atom stereocenters. The van der Waals surface area contributed by atoms with E-state index in [-0.39, 0.29) is 23.8 Å². The monoisotopic (exact) mass is 267 g/mol. The third kappa shape index (κ3) is 4.49. The van der Waals surface area contributed by atoms with Crippen LogP contribution in [0.5, 0.6) is 0 Å². The minimum Gasteiger partial charge on any atom is -0.369 e. The van der Waals surface area contributed by atoms with Gasteiger partial charge < -0.3 is 16.4 Å². The van der Waals surface area contributed by atoms with Gasteiger partial charge in [0.1, 0.15) is 0 Å². The van der Waals surface area contributed by atoms with E-state index in [1.165, 1.54) is 25.7 Å². The topological polar surface area (TPSA) is 84.2 Å². The van der Waals surface area contributed by atoms with Gasteiger partial charge in [0.05, 0.1) is 6.54 Å². The number of primary amides is 1. The molecule has 2 saturated carbocycles. The van der Waals surface area contributed by atoms with E-state index in [9.17, 15) is 9.59 Å². The zero-order valence-corrected chi connectivity index (χ0v) is 11.5. The summed E-state index contributed by atoms with van der Waals surface area (Å²) in [7, 11) is 0. The van der Waals surface area contributed by atoms with E-state index < -0.39 is 0 Å². The predicted octanol–water partition coefficient (Wildman–Crippen LogP) is 0.679. The highest BCUT2D eigenvalue weighted by atomic mass is 16.2. The fourth-order valence-electron chi connectivity index (χ4n) is 3.17. The van der Waals surface area contributed by atoms with Crippen molar-refractivity contribution in [3.05, 3.63) is 0 Å². The van der Waals surface area contributed by atoms with E-state index in [0.717, 1.165) is 25.7 Å². The summed E-state index contributed by atoms with van der Waals surface area (Å²) in [5.41, 5.74) is 5.30. The lowest BCUT2D eigenvalue weighted by Crippen LogP contribution is -2.44. The van der Waals surface area contributed by atoms with Crippen LogP contribution in [0.1, 0.15) is 51.4 Å². The highest BCUT2D eigenvalue weighted by Gasteiger charge is 2.25. The Morgan fingerprint density at radius 2 is 1.58 bits per heavy atom. The normalized spacial score (nSPS) is 28.2. The van der Waals surface area contributed by atoms with Crippen LogP contribution < -0.4 is 16.4 Å². The zero-order valence-electron chi connectivity index (χ0n) is 11.5. The molecule has 5 heteroatoms. The van der Waals surface area contributed by atoms with Crippen LogP contribution in [0, 0.1) is 5.92 Å². The van der Waals surface area contributed by atoms with Gasteiger partial charge in [0.15, 0.2) is 0 Å². The molecular weight excluding hydrogens is 242 g/mol. The average Bonchev–Trinajstić information content (AvgIpc) is 2.90. The van der Waals surface area contributed by atoms with Crippen LogP contribution >= 0.6 is 0 Å². The van der Waals surface area contributed by atoms with Crippen LogP contribution in [0.2, 0.25) is 0 Å². The molecule has 0 spiro atoms. The molecule has 5 nitrogen and oxygen atoms in total. The van der Waals surface area contributed by atoms with Crippen molar-refractivity contribution in [2.75, 3.05) is 6.54 Å². The molecule has 2 aliphatic carbocycles. The highest BCUT2D eigenvalue weighted by molar-refractivity contribution is 5.78. The van der Waals surface area contributed by atoms with Crippen molar-refractivity contribution >= 4 is 11.8 Å². The van der Waals surface area contributed by atoms with Gasteiger partial charge in [-0.2, -0.15) is 0 Å². The van der Waals surface area contributed by atoms with E-state index >= 15 is 0 Å². The summed E-state index contributed by atoms with van der Waals surface area (Å²) in [5.74, 6) is -0.119. The minimum absolute atomic E-state index is 0.00441. The first-order chi connectivity index (χ1) is 9.15. The Balaban J connectivity index is 1.61. The molecule has 0 saturated heterocycles. The standard InChI is InChI=1S/C14H25N3O2/c15-14(19)10-5-7-12(8-6-10)17-13(18)9-16-11-3-1-2-4-11/h10-12,16H,1-9H2,(H2,15,19)(H,17,18). The second kappa shape index (κ2) is 6.89. The van der Waals surface area contributed by atoms with Gasteiger partial charge in [0.25, 0.3) is 0 Å². The molecule has 0 aliphatic heterocycles. The summed E-state index contributed by atoms with van der Waals surface area (Å²) < 4.78 is 0. The molecule has 2 aliphatic rings. The maximum atomic E-state index is 11.8. The SMILES string of the molecule is NC(=O)C1CCC(NC(=O)CNC2CCCC2)CC1. The van der Waals surface area contributed by atoms with Crippen LogP contribution in [0.3, 0.4) is 0 Å². The molecule has 0 aromatic heterocycles. The third-order valence-electron chi connectivity index (χ3n) is 4.40. The Morgan fingerprint density at radius 1 is 0.947 bits per heavy atom. The lowest BCUT2D eigenvalue weighted by molar-refractivity contribution is -0.123. The molecular formula is C14H25N3O2. The fourth-order valence-corrected chi connectivity index (χ4v) is 3.17. The number of nitrogens with one attached hydrogen (secondary N) is 2. The van der Waals surface area contributed by atoms with Gasteiger partial charge >= 0.3 is 0 Å². The van der Waals surface area contributed by atoms with E-state index in [1.54, 1.807) is 0 Å². The van der Waals surface area contributed by atoms with Crippen molar-refractivity contribution in [2.45, 2.75) is 63.5 Å². The third-order valence-corrected chi connectivity index (χ3v) is 4.40. The maximum Gasteiger partial charge on any atom is 0.234 e. The summed E-state index contributed by atoms with van der Waals surface area (Å²) in [6.07, 6.45) is 8.26. The highest BCUT2D eigenvalue weighted by Crippen LogP contribution is 2.23. The number of carbonyl (C=O) groups is 2. The quantitative estimate of drug-likeness (QED) is 0.685. The van der Waals surface area contributed by atoms with Gasteiger partial charge in [-0.05, 0) is 38.5 Å². The molecule has 4 N–H and O–H groups in total. The minimum atomic E-state index is -0.201. The molecule has 108 valence electrons. The number of hydrogen-bond donors (Lipinski definition) is 3. The van der Waals surface area contributed by atoms with Crippen LogP contribution in [0.25, 0.3) is 0 Å². The summed E-state index contributed by atoms with van der Waals surface area (Å²) in [5, 5.41) is 6.36. The number of carbonyl (C=O) groups excluding carboxylic acids is 2. The Morgan fingerprint density at radius 3 is 2.16 bits per heavy atom. The number of hydrogen-bond acceptors (Lipinski definition) is 3. The second-order valence-electron chi connectivity index (χ2n) is 5.88. The first kappa shape index (κ1) is 14.3. The summed E-state index contributed by atoms with van der Waals surface area (Å²) >= 11 is 0. The lowest BCUT2D eigenvalue weighted by Gasteiger charge is -2.27. The van der Waals surface area contributed by atoms with E-state index in [0.29, 0.717) is 12.6 Å². The molecule has 0 bridgehead atoms. The van der Waals surface area contributed by atoms with Crippen LogP contribution in [-0.4, -0.2) is 30.4 Å². The van der Waals surface area contributed by atoms with Gasteiger partial charge in [-0.25, -0.2) is 0 Å². The van der Waals surface area contributed by atoms with Crippen molar-refractivity contribution in [3.63, 3.8) is 0 Å². The van der Waals surface area contributed by atoms with E-state index in [1.807, 2.05) is 0 Å². The largest absolute Gasteiger partial charge is 0.369 e. The molecule has 0 atom stereocenters. The summed E-state index contributed by atoms with van der Waals surface area (Å²) in [6.45, 7) is 0.417. The van der Waals surface area contributed by atoms with E-state index in [2.05, 4.69) is 10.6 Å². The van der Waals surface area contributed by atoms with Crippen molar-refractivity contribution in [1.29, 1.82) is 0 Å². The zero-order chi connectivity index (χ0) is 13.7. The molecule has 2 amide bonds. The Labute approximate surface area is 114 Å². The fraction of sp³-hybridized carbons (Fsp3) is 0.857. The summed E-state index contributed by atoms with van der Waals surface area (Å²) in [4.78, 5) is 22.9. The van der Waals surface area contributed by atoms with Crippen molar-refractivity contribution in [3.8, 4) is 0 Å². The number of nitrogens with two attached hydrogens (primary N) is 1. The smallest absolute Gasteiger partial charge is 0.234 e. The van der Waals surface area contributed by atoms with Gasteiger partial charge in [0.2, 0.25) is 11.8 Å². The van der Waals surface area contributed by atoms with Crippen LogP contribution in [0.4, 0.5) is 0 Å². The molecule has 0 radical (unpaired) electrons. The van der Waals surface area contributed by atoms with E-state index in [4.69, 9.17) is 5.73 Å². The van der Waals surface area contributed by atoms with Gasteiger partial charge in [-0.1, -0.05) is 12.8 Å². The molecule has 2 fully saturated rings. The Kier molecular flexibility index (Phi) is 5.19. The van der Waals surface area contributed by atoms with Gasteiger partial charge in [0, 0.05) is 18.0 Å².